The van der Waals surface area contributed by atoms with Crippen LogP contribution < -0.4 is 16.0 Å². The van der Waals surface area contributed by atoms with Gasteiger partial charge < -0.3 is 19.0 Å². The van der Waals surface area contributed by atoms with Crippen molar-refractivity contribution >= 4 is 12.6 Å². The smallest absolute Gasteiger partial charge is 0.330 e. The van der Waals surface area contributed by atoms with E-state index in [0.29, 0.717) is 18.3 Å². The van der Waals surface area contributed by atoms with Crippen molar-refractivity contribution < 1.29 is 23.8 Å². The van der Waals surface area contributed by atoms with Gasteiger partial charge in [0.1, 0.15) is 17.5 Å². The average Bonchev–Trinajstić information content (AvgIpc) is 2.98. The minimum atomic E-state index is -1.46. The number of nitrogens with zero attached hydrogens (tertiary/aromatic N) is 1. The van der Waals surface area contributed by atoms with E-state index >= 15 is 0 Å². The van der Waals surface area contributed by atoms with E-state index in [2.05, 4.69) is 4.98 Å². The van der Waals surface area contributed by atoms with Gasteiger partial charge in [0.25, 0.3) is 5.56 Å². The maximum atomic E-state index is 12.3. The van der Waals surface area contributed by atoms with Crippen LogP contribution in [0.15, 0.2) is 101 Å². The Hall–Kier alpha value is -4.60. The molecule has 0 saturated heterocycles. The molecule has 0 aliphatic rings. The molecule has 9 heteroatoms. The number of carbonyl (C=O) groups is 2. The van der Waals surface area contributed by atoms with E-state index in [1.54, 1.807) is 7.11 Å². The average molecular weight is 529 g/mol. The normalized spacial score (nSPS) is 12.9. The third-order valence-electron chi connectivity index (χ3n) is 6.32. The number of hydrogen-bond acceptors (Lipinski definition) is 7. The third-order valence-corrected chi connectivity index (χ3v) is 6.32. The molecule has 39 heavy (non-hydrogen) atoms. The third kappa shape index (κ3) is 5.79. The zero-order valence-corrected chi connectivity index (χ0v) is 21.5. The Morgan fingerprint density at radius 3 is 1.92 bits per heavy atom. The van der Waals surface area contributed by atoms with E-state index in [4.69, 9.17) is 14.2 Å². The number of methoxy groups -OCH3 is 1. The van der Waals surface area contributed by atoms with Crippen LogP contribution in [0.5, 0.6) is 5.75 Å². The van der Waals surface area contributed by atoms with Crippen LogP contribution in [-0.4, -0.2) is 41.9 Å². The Labute approximate surface area is 224 Å². The van der Waals surface area contributed by atoms with Gasteiger partial charge in [-0.05, 0) is 35.7 Å². The number of aromatic nitrogens is 2. The zero-order valence-electron chi connectivity index (χ0n) is 21.5. The summed E-state index contributed by atoms with van der Waals surface area (Å²) < 4.78 is 18.6. The Balaban J connectivity index is 1.74. The molecule has 1 aromatic heterocycles. The van der Waals surface area contributed by atoms with Crippen molar-refractivity contribution in [2.24, 2.45) is 0 Å². The molecule has 200 valence electrons. The first-order chi connectivity index (χ1) is 18.9. The largest absolute Gasteiger partial charge is 0.497 e. The lowest BCUT2D eigenvalue weighted by molar-refractivity contribution is -0.147. The van der Waals surface area contributed by atoms with Crippen molar-refractivity contribution in [2.75, 3.05) is 13.7 Å². The Bertz CT molecular complexity index is 1470. The number of aldehydes is 2. The summed E-state index contributed by atoms with van der Waals surface area (Å²) in [4.78, 5) is 50.2. The summed E-state index contributed by atoms with van der Waals surface area (Å²) in [5.41, 5.74) is -0.0153. The summed E-state index contributed by atoms with van der Waals surface area (Å²) in [7, 11) is 1.58. The van der Waals surface area contributed by atoms with Gasteiger partial charge in [-0.2, -0.15) is 0 Å². The molecular weight excluding hydrogens is 500 g/mol. The van der Waals surface area contributed by atoms with Crippen molar-refractivity contribution in [2.45, 2.75) is 24.9 Å². The van der Waals surface area contributed by atoms with Gasteiger partial charge in [0.05, 0.1) is 13.7 Å². The molecule has 4 aromatic rings. The minimum Gasteiger partial charge on any atom is -0.497 e. The molecule has 0 unspecified atom stereocenters. The van der Waals surface area contributed by atoms with E-state index in [1.807, 2.05) is 84.9 Å². The lowest BCUT2D eigenvalue weighted by Crippen LogP contribution is -2.39. The standard InChI is InChI=1S/C30H28N2O7/c1-21-17-32(29(36)31-28(21)35)27(19-34)39-26(18-33)20-38-30(22-9-5-3-6-10-22,23-11-7-4-8-12-23)24-13-15-25(37-2)16-14-24/h3-19,26-27H,20H2,1-2H3,(H,31,35,36)/t26-,27+/m0/s1. The fourth-order valence-corrected chi connectivity index (χ4v) is 4.36. The predicted octanol–water partition coefficient (Wildman–Crippen LogP) is 3.14. The SMILES string of the molecule is COc1ccc(C(OC[C@H](C=O)O[C@H](C=O)n2cc(C)c(=O)[nH]c2=O)(c2ccccc2)c2ccccc2)cc1. The molecule has 0 amide bonds. The molecule has 0 aliphatic carbocycles. The number of H-pyrrole nitrogens is 1. The maximum absolute atomic E-state index is 12.3. The molecule has 0 saturated carbocycles. The van der Waals surface area contributed by atoms with Crippen molar-refractivity contribution in [3.8, 4) is 5.75 Å². The second-order valence-corrected chi connectivity index (χ2v) is 8.77. The first kappa shape index (κ1) is 27.4. The van der Waals surface area contributed by atoms with E-state index in [1.165, 1.54) is 13.1 Å². The second-order valence-electron chi connectivity index (χ2n) is 8.77. The van der Waals surface area contributed by atoms with Crippen LogP contribution in [0.3, 0.4) is 0 Å². The number of benzene rings is 3. The van der Waals surface area contributed by atoms with Crippen LogP contribution in [0, 0.1) is 6.92 Å². The van der Waals surface area contributed by atoms with Gasteiger partial charge in [0.2, 0.25) is 0 Å². The highest BCUT2D eigenvalue weighted by Crippen LogP contribution is 2.41. The molecule has 3 aromatic carbocycles. The van der Waals surface area contributed by atoms with Crippen LogP contribution in [0.4, 0.5) is 0 Å². The predicted molar refractivity (Wildman–Crippen MR) is 144 cm³/mol. The van der Waals surface area contributed by atoms with Gasteiger partial charge in [-0.1, -0.05) is 72.8 Å². The van der Waals surface area contributed by atoms with E-state index in [9.17, 15) is 19.2 Å². The first-order valence-corrected chi connectivity index (χ1v) is 12.2. The van der Waals surface area contributed by atoms with Crippen molar-refractivity contribution in [3.63, 3.8) is 0 Å². The fourth-order valence-electron chi connectivity index (χ4n) is 4.36. The van der Waals surface area contributed by atoms with Crippen LogP contribution in [-0.2, 0) is 24.7 Å². The Morgan fingerprint density at radius 1 is 0.846 bits per heavy atom. The number of ether oxygens (including phenoxy) is 3. The van der Waals surface area contributed by atoms with Crippen LogP contribution in [0.1, 0.15) is 28.5 Å². The minimum absolute atomic E-state index is 0.204. The van der Waals surface area contributed by atoms with Crippen molar-refractivity contribution in [3.05, 3.63) is 134 Å². The summed E-state index contributed by atoms with van der Waals surface area (Å²) in [5, 5.41) is 0. The molecule has 9 nitrogen and oxygen atoms in total. The van der Waals surface area contributed by atoms with Gasteiger partial charge in [0.15, 0.2) is 18.8 Å². The van der Waals surface area contributed by atoms with Gasteiger partial charge in [-0.15, -0.1) is 0 Å². The Kier molecular flexibility index (Phi) is 8.65. The zero-order chi connectivity index (χ0) is 27.8. The summed E-state index contributed by atoms with van der Waals surface area (Å²) in [6.45, 7) is 1.22. The quantitative estimate of drug-likeness (QED) is 0.222. The number of rotatable bonds is 12. The number of aryl methyl sites for hydroxylation is 1. The molecule has 2 atom stereocenters. The van der Waals surface area contributed by atoms with Crippen molar-refractivity contribution in [1.82, 2.24) is 9.55 Å². The fraction of sp³-hybridized carbons (Fsp3) is 0.200. The van der Waals surface area contributed by atoms with Crippen LogP contribution >= 0.6 is 0 Å². The topological polar surface area (TPSA) is 117 Å². The molecule has 0 spiro atoms. The van der Waals surface area contributed by atoms with Crippen molar-refractivity contribution in [1.29, 1.82) is 0 Å². The van der Waals surface area contributed by atoms with Gasteiger partial charge in [-0.3, -0.25) is 19.1 Å². The molecule has 4 rings (SSSR count). The molecular formula is C30H28N2O7. The second kappa shape index (κ2) is 12.3. The highest BCUT2D eigenvalue weighted by Gasteiger charge is 2.38. The number of aromatic amines is 1. The summed E-state index contributed by atoms with van der Waals surface area (Å²) in [6, 6.07) is 26.4. The molecule has 0 aliphatic heterocycles. The number of nitrogens with one attached hydrogen (secondary N) is 1. The highest BCUT2D eigenvalue weighted by atomic mass is 16.6. The van der Waals surface area contributed by atoms with E-state index in [-0.39, 0.29) is 12.2 Å². The van der Waals surface area contributed by atoms with Gasteiger partial charge in [-0.25, -0.2) is 4.79 Å². The monoisotopic (exact) mass is 528 g/mol. The Morgan fingerprint density at radius 2 is 1.41 bits per heavy atom. The first-order valence-electron chi connectivity index (χ1n) is 12.2. The molecule has 0 radical (unpaired) electrons. The lowest BCUT2D eigenvalue weighted by atomic mass is 9.80. The van der Waals surface area contributed by atoms with E-state index in [0.717, 1.165) is 21.3 Å². The van der Waals surface area contributed by atoms with Crippen LogP contribution in [0.2, 0.25) is 0 Å². The molecule has 1 N–H and O–H groups in total. The van der Waals surface area contributed by atoms with Gasteiger partial charge in [0, 0.05) is 11.8 Å². The molecule has 0 bridgehead atoms. The summed E-state index contributed by atoms with van der Waals surface area (Å²) in [6.07, 6.45) is -0.603. The number of carbonyl (C=O) groups excluding carboxylic acids is 2. The van der Waals surface area contributed by atoms with E-state index < -0.39 is 29.2 Å². The highest BCUT2D eigenvalue weighted by molar-refractivity contribution is 5.59. The summed E-state index contributed by atoms with van der Waals surface area (Å²) in [5.74, 6) is 0.665. The van der Waals surface area contributed by atoms with Crippen LogP contribution in [0.25, 0.3) is 0 Å². The van der Waals surface area contributed by atoms with Gasteiger partial charge >= 0.3 is 5.69 Å². The summed E-state index contributed by atoms with van der Waals surface area (Å²) >= 11 is 0. The number of hydrogen-bond donors (Lipinski definition) is 1. The molecule has 0 fully saturated rings. The molecule has 1 heterocycles. The maximum Gasteiger partial charge on any atom is 0.330 e. The lowest BCUT2D eigenvalue weighted by Gasteiger charge is -2.36.